The van der Waals surface area contributed by atoms with Crippen molar-refractivity contribution in [3.05, 3.63) is 155 Å². The van der Waals surface area contributed by atoms with Crippen molar-refractivity contribution in [2.75, 3.05) is 0 Å². The van der Waals surface area contributed by atoms with Gasteiger partial charge in [0, 0.05) is 22.3 Å². The van der Waals surface area contributed by atoms with Crippen molar-refractivity contribution in [1.29, 1.82) is 0 Å². The molecule has 0 aliphatic heterocycles. The molecular formula is C54H58N4O4. The van der Waals surface area contributed by atoms with Crippen LogP contribution in [-0.2, 0) is 9.59 Å². The first-order valence-electron chi connectivity index (χ1n) is 21.0. The Hall–Kier alpha value is -6.54. The van der Waals surface area contributed by atoms with Gasteiger partial charge >= 0.3 is 0 Å². The number of hydrogen-bond donors (Lipinski definition) is 2. The first-order valence-corrected chi connectivity index (χ1v) is 21.0. The number of benzene rings is 4. The standard InChI is InChI=1S/C54H58N4O4/c1-51(2,3)45-25-33(26-46(49(45)61)52(4,5)6)31-55-57-37-17-23-41(43(29-37)35-13-19-39(59)20-14-35)42-24-18-38(30-44(42)36-15-21-40(60)22-16-36)58-56-32-34-27-47(53(7,8)9)50(62)48(28-34)54(10,11)12/h13-32,59-60H,1-12H3. The van der Waals surface area contributed by atoms with E-state index in [4.69, 9.17) is 0 Å². The Bertz CT molecular complexity index is 2410. The van der Waals surface area contributed by atoms with Gasteiger partial charge in [-0.2, -0.15) is 20.5 Å². The molecule has 0 fully saturated rings. The summed E-state index contributed by atoms with van der Waals surface area (Å²) < 4.78 is 0. The van der Waals surface area contributed by atoms with Crippen molar-refractivity contribution < 1.29 is 19.8 Å². The van der Waals surface area contributed by atoms with Crippen LogP contribution in [0, 0.1) is 21.7 Å². The molecule has 0 spiro atoms. The van der Waals surface area contributed by atoms with Crippen molar-refractivity contribution in [3.63, 3.8) is 0 Å². The highest BCUT2D eigenvalue weighted by atomic mass is 16.3. The Morgan fingerprint density at radius 1 is 0.403 bits per heavy atom. The maximum atomic E-state index is 13.5. The number of carbonyl (C=O) groups excluding carboxylic acids is 2. The lowest BCUT2D eigenvalue weighted by atomic mass is 9.72. The molecule has 2 N–H and O–H groups in total. The van der Waals surface area contributed by atoms with E-state index in [0.717, 1.165) is 66.8 Å². The molecule has 0 atom stereocenters. The summed E-state index contributed by atoms with van der Waals surface area (Å²) in [6.45, 7) is 24.5. The average molecular weight is 827 g/mol. The van der Waals surface area contributed by atoms with Gasteiger partial charge in [0.2, 0.25) is 0 Å². The molecule has 2 aliphatic carbocycles. The monoisotopic (exact) mass is 826 g/mol. The van der Waals surface area contributed by atoms with Crippen molar-refractivity contribution in [1.82, 2.24) is 0 Å². The van der Waals surface area contributed by atoms with E-state index >= 15 is 0 Å². The summed E-state index contributed by atoms with van der Waals surface area (Å²) in [5.74, 6) is 0.425. The minimum atomic E-state index is -0.343. The van der Waals surface area contributed by atoms with Crippen LogP contribution in [0.4, 0.5) is 11.4 Å². The Morgan fingerprint density at radius 3 is 0.968 bits per heavy atom. The fourth-order valence-electron chi connectivity index (χ4n) is 7.42. The second-order valence-corrected chi connectivity index (χ2v) is 20.1. The van der Waals surface area contributed by atoms with Gasteiger partial charge in [-0.15, -0.1) is 0 Å². The minimum absolute atomic E-state index is 0.0609. The molecule has 2 aliphatic rings. The molecule has 0 unspecified atom stereocenters. The maximum Gasteiger partial charge on any atom is 0.186 e. The summed E-state index contributed by atoms with van der Waals surface area (Å²) in [7, 11) is 0. The van der Waals surface area contributed by atoms with Crippen LogP contribution >= 0.6 is 0 Å². The number of azo groups is 2. The molecule has 4 aromatic rings. The summed E-state index contributed by atoms with van der Waals surface area (Å²) in [4.78, 5) is 26.9. The van der Waals surface area contributed by atoms with Crippen molar-refractivity contribution in [2.45, 2.75) is 83.1 Å². The molecule has 8 nitrogen and oxygen atoms in total. The molecule has 8 heteroatoms. The average Bonchev–Trinajstić information content (AvgIpc) is 3.18. The van der Waals surface area contributed by atoms with Crippen LogP contribution in [0.5, 0.6) is 11.5 Å². The number of rotatable bonds is 7. The summed E-state index contributed by atoms with van der Waals surface area (Å²) in [6.07, 6.45) is 11.0. The van der Waals surface area contributed by atoms with E-state index < -0.39 is 0 Å². The number of phenolic OH excluding ortho intramolecular Hbond substituents is 2. The fourth-order valence-corrected chi connectivity index (χ4v) is 7.42. The van der Waals surface area contributed by atoms with Crippen molar-refractivity contribution in [2.24, 2.45) is 42.1 Å². The molecule has 318 valence electrons. The quantitative estimate of drug-likeness (QED) is 0.180. The number of Topliss-reactive ketones (excluding diaryl/α,β-unsaturated/α-hetero) is 2. The van der Waals surface area contributed by atoms with E-state index in [1.807, 2.05) is 168 Å². The number of hydrogen-bond acceptors (Lipinski definition) is 8. The van der Waals surface area contributed by atoms with Crippen LogP contribution in [0.3, 0.4) is 0 Å². The Labute approximate surface area is 366 Å². The Balaban J connectivity index is 1.44. The third-order valence-corrected chi connectivity index (χ3v) is 10.9. The second kappa shape index (κ2) is 17.1. The van der Waals surface area contributed by atoms with Crippen LogP contribution in [0.1, 0.15) is 83.1 Å². The predicted octanol–water partition coefficient (Wildman–Crippen LogP) is 15.1. The van der Waals surface area contributed by atoms with Crippen molar-refractivity contribution >= 4 is 22.9 Å². The number of phenols is 2. The molecule has 0 aromatic heterocycles. The van der Waals surface area contributed by atoms with Gasteiger partial charge in [0.1, 0.15) is 11.5 Å². The van der Waals surface area contributed by atoms with E-state index in [2.05, 4.69) is 20.5 Å². The lowest BCUT2D eigenvalue weighted by Crippen LogP contribution is -2.27. The third kappa shape index (κ3) is 10.3. The summed E-state index contributed by atoms with van der Waals surface area (Å²) in [5.41, 5.74) is 9.63. The normalized spacial score (nSPS) is 15.5. The highest BCUT2D eigenvalue weighted by molar-refractivity contribution is 6.12. The number of nitrogens with zero attached hydrogens (tertiary/aromatic N) is 4. The smallest absolute Gasteiger partial charge is 0.186 e. The number of ketones is 2. The lowest BCUT2D eigenvalue weighted by Gasteiger charge is -2.31. The highest BCUT2D eigenvalue weighted by Gasteiger charge is 2.35. The van der Waals surface area contributed by atoms with E-state index in [1.54, 1.807) is 36.7 Å². The molecule has 0 saturated heterocycles. The molecule has 0 amide bonds. The van der Waals surface area contributed by atoms with Gasteiger partial charge in [0.25, 0.3) is 0 Å². The highest BCUT2D eigenvalue weighted by Crippen LogP contribution is 2.44. The zero-order valence-electron chi connectivity index (χ0n) is 38.0. The summed E-state index contributed by atoms with van der Waals surface area (Å²) in [6, 6.07) is 25.8. The summed E-state index contributed by atoms with van der Waals surface area (Å²) >= 11 is 0. The molecule has 0 radical (unpaired) electrons. The van der Waals surface area contributed by atoms with E-state index in [0.29, 0.717) is 11.4 Å². The topological polar surface area (TPSA) is 124 Å². The molecule has 0 heterocycles. The lowest BCUT2D eigenvalue weighted by molar-refractivity contribution is -0.114. The number of allylic oxidation sites excluding steroid dienone is 10. The predicted molar refractivity (Wildman–Crippen MR) is 251 cm³/mol. The molecule has 4 aromatic carbocycles. The molecule has 6 rings (SSSR count). The molecule has 62 heavy (non-hydrogen) atoms. The van der Waals surface area contributed by atoms with Crippen LogP contribution in [0.2, 0.25) is 0 Å². The van der Waals surface area contributed by atoms with Gasteiger partial charge in [-0.1, -0.05) is 119 Å². The second-order valence-electron chi connectivity index (χ2n) is 20.1. The number of carbonyl (C=O) groups is 2. The van der Waals surface area contributed by atoms with Crippen LogP contribution < -0.4 is 0 Å². The van der Waals surface area contributed by atoms with Crippen molar-refractivity contribution in [3.8, 4) is 44.9 Å². The molecular weight excluding hydrogens is 769 g/mol. The van der Waals surface area contributed by atoms with E-state index in [1.165, 1.54) is 0 Å². The van der Waals surface area contributed by atoms with Crippen LogP contribution in [0.15, 0.2) is 176 Å². The summed E-state index contributed by atoms with van der Waals surface area (Å²) in [5, 5.41) is 38.7. The van der Waals surface area contributed by atoms with Gasteiger partial charge in [-0.3, -0.25) is 9.59 Å². The van der Waals surface area contributed by atoms with E-state index in [-0.39, 0.29) is 44.7 Å². The largest absolute Gasteiger partial charge is 0.508 e. The van der Waals surface area contributed by atoms with E-state index in [9.17, 15) is 19.8 Å². The maximum absolute atomic E-state index is 13.5. The minimum Gasteiger partial charge on any atom is -0.508 e. The van der Waals surface area contributed by atoms with Gasteiger partial charge in [0.05, 0.1) is 23.8 Å². The zero-order chi connectivity index (χ0) is 45.4. The molecule has 0 bridgehead atoms. The van der Waals surface area contributed by atoms with Gasteiger partial charge in [-0.25, -0.2) is 0 Å². The first-order chi connectivity index (χ1) is 28.9. The van der Waals surface area contributed by atoms with Gasteiger partial charge in [-0.05, 0) is 139 Å². The van der Waals surface area contributed by atoms with Gasteiger partial charge < -0.3 is 10.2 Å². The SMILES string of the molecule is CC(C)(C)C1=CC(=CN=Nc2ccc(-c3ccc(N=NC=C4C=C(C(C)(C)C)C(=O)C(C(C)(C)C)=C4)cc3-c3ccc(O)cc3)c(-c3ccc(O)cc3)c2)C=C(C(C)(C)C)C1=O. The van der Waals surface area contributed by atoms with Crippen LogP contribution in [-0.4, -0.2) is 21.8 Å². The Kier molecular flexibility index (Phi) is 12.4. The zero-order valence-corrected chi connectivity index (χ0v) is 38.0. The third-order valence-electron chi connectivity index (χ3n) is 10.9. The Morgan fingerprint density at radius 2 is 0.694 bits per heavy atom. The molecule has 0 saturated carbocycles. The number of aromatic hydroxyl groups is 2. The first kappa shape index (κ1) is 45.0. The van der Waals surface area contributed by atoms with Crippen LogP contribution in [0.25, 0.3) is 33.4 Å². The fraction of sp³-hybridized carbons (Fsp3) is 0.296. The van der Waals surface area contributed by atoms with Gasteiger partial charge in [0.15, 0.2) is 11.6 Å².